The zero-order chi connectivity index (χ0) is 20.1. The summed E-state index contributed by atoms with van der Waals surface area (Å²) in [7, 11) is -3.23. The quantitative estimate of drug-likeness (QED) is 0.769. The first-order valence-electron chi connectivity index (χ1n) is 9.71. The minimum Gasteiger partial charge on any atom is -0.484 e. The molecule has 0 radical (unpaired) electrons. The molecule has 0 unspecified atom stereocenters. The maximum absolute atomic E-state index is 12.3. The molecule has 0 bridgehead atoms. The van der Waals surface area contributed by atoms with Crippen LogP contribution in [0.1, 0.15) is 48.9 Å². The summed E-state index contributed by atoms with van der Waals surface area (Å²) in [5, 5.41) is 2.96. The van der Waals surface area contributed by atoms with Crippen molar-refractivity contribution in [2.75, 3.05) is 12.9 Å². The van der Waals surface area contributed by atoms with Crippen molar-refractivity contribution in [2.24, 2.45) is 0 Å². The van der Waals surface area contributed by atoms with E-state index in [1.807, 2.05) is 19.1 Å². The number of aryl methyl sites for hydroxylation is 2. The number of ether oxygens (including phenoxy) is 1. The topological polar surface area (TPSA) is 72.5 Å². The van der Waals surface area contributed by atoms with E-state index in [4.69, 9.17) is 4.74 Å². The molecule has 150 valence electrons. The smallest absolute Gasteiger partial charge is 0.258 e. The first kappa shape index (κ1) is 20.4. The summed E-state index contributed by atoms with van der Waals surface area (Å²) >= 11 is 0. The van der Waals surface area contributed by atoms with Gasteiger partial charge in [-0.25, -0.2) is 8.42 Å². The molecule has 0 spiro atoms. The molecule has 1 aliphatic rings. The second-order valence-corrected chi connectivity index (χ2v) is 9.31. The molecule has 2 aromatic rings. The van der Waals surface area contributed by atoms with Crippen molar-refractivity contribution in [1.29, 1.82) is 0 Å². The van der Waals surface area contributed by atoms with Crippen LogP contribution in [-0.4, -0.2) is 27.2 Å². The lowest BCUT2D eigenvalue weighted by molar-refractivity contribution is -0.123. The van der Waals surface area contributed by atoms with Gasteiger partial charge in [0.05, 0.1) is 10.9 Å². The molecular formula is C22H27NO4S. The second-order valence-electron chi connectivity index (χ2n) is 7.30. The molecule has 3 rings (SSSR count). The number of nitrogens with one attached hydrogen (secondary N) is 1. The van der Waals surface area contributed by atoms with Gasteiger partial charge < -0.3 is 10.1 Å². The highest BCUT2D eigenvalue weighted by molar-refractivity contribution is 7.90. The Morgan fingerprint density at radius 3 is 2.39 bits per heavy atom. The van der Waals surface area contributed by atoms with Crippen molar-refractivity contribution in [3.8, 4) is 5.75 Å². The van der Waals surface area contributed by atoms with E-state index in [-0.39, 0.29) is 23.5 Å². The van der Waals surface area contributed by atoms with E-state index in [2.05, 4.69) is 11.4 Å². The molecule has 0 fully saturated rings. The van der Waals surface area contributed by atoms with E-state index >= 15 is 0 Å². The SMILES string of the molecule is CC[C@@H](NC(=O)COc1ccc2c(c1)CCCC2)c1ccc(S(C)(=O)=O)cc1. The number of hydrogen-bond acceptors (Lipinski definition) is 4. The number of sulfone groups is 1. The molecule has 5 nitrogen and oxygen atoms in total. The molecule has 1 N–H and O–H groups in total. The lowest BCUT2D eigenvalue weighted by Gasteiger charge is -2.19. The molecule has 6 heteroatoms. The fourth-order valence-corrected chi connectivity index (χ4v) is 4.18. The number of amides is 1. The summed E-state index contributed by atoms with van der Waals surface area (Å²) in [6.45, 7) is 1.93. The maximum atomic E-state index is 12.3. The van der Waals surface area contributed by atoms with Crippen LogP contribution in [0.2, 0.25) is 0 Å². The van der Waals surface area contributed by atoms with Crippen molar-refractivity contribution in [1.82, 2.24) is 5.32 Å². The van der Waals surface area contributed by atoms with E-state index in [0.717, 1.165) is 24.2 Å². The lowest BCUT2D eigenvalue weighted by Crippen LogP contribution is -2.32. The number of carbonyl (C=O) groups is 1. The Kier molecular flexibility index (Phi) is 6.39. The van der Waals surface area contributed by atoms with Crippen LogP contribution in [0.3, 0.4) is 0 Å². The molecular weight excluding hydrogens is 374 g/mol. The second kappa shape index (κ2) is 8.78. The Hall–Kier alpha value is -2.34. The Bertz CT molecular complexity index is 936. The third-order valence-corrected chi connectivity index (χ3v) is 6.27. The summed E-state index contributed by atoms with van der Waals surface area (Å²) in [6, 6.07) is 12.5. The Balaban J connectivity index is 1.58. The van der Waals surface area contributed by atoms with E-state index < -0.39 is 9.84 Å². The van der Waals surface area contributed by atoms with Gasteiger partial charge in [0, 0.05) is 6.26 Å². The maximum Gasteiger partial charge on any atom is 0.258 e. The van der Waals surface area contributed by atoms with Gasteiger partial charge in [-0.3, -0.25) is 4.79 Å². The molecule has 0 saturated heterocycles. The lowest BCUT2D eigenvalue weighted by atomic mass is 9.92. The van der Waals surface area contributed by atoms with Crippen LogP contribution in [0, 0.1) is 0 Å². The molecule has 1 amide bonds. The number of benzene rings is 2. The molecule has 0 saturated carbocycles. The largest absolute Gasteiger partial charge is 0.484 e. The first-order valence-corrected chi connectivity index (χ1v) is 11.6. The summed E-state index contributed by atoms with van der Waals surface area (Å²) in [5.41, 5.74) is 3.57. The zero-order valence-electron chi connectivity index (χ0n) is 16.4. The van der Waals surface area contributed by atoms with E-state index in [0.29, 0.717) is 6.42 Å². The van der Waals surface area contributed by atoms with Gasteiger partial charge in [-0.2, -0.15) is 0 Å². The van der Waals surface area contributed by atoms with Crippen molar-refractivity contribution >= 4 is 15.7 Å². The summed E-state index contributed by atoms with van der Waals surface area (Å²) in [4.78, 5) is 12.6. The van der Waals surface area contributed by atoms with Gasteiger partial charge in [-0.1, -0.05) is 25.1 Å². The van der Waals surface area contributed by atoms with Crippen molar-refractivity contribution < 1.29 is 17.9 Å². The highest BCUT2D eigenvalue weighted by Crippen LogP contribution is 2.25. The third-order valence-electron chi connectivity index (χ3n) is 5.14. The minimum absolute atomic E-state index is 0.0449. The monoisotopic (exact) mass is 401 g/mol. The highest BCUT2D eigenvalue weighted by atomic mass is 32.2. The summed E-state index contributed by atoms with van der Waals surface area (Å²) in [5.74, 6) is 0.526. The fraction of sp³-hybridized carbons (Fsp3) is 0.409. The van der Waals surface area contributed by atoms with E-state index in [9.17, 15) is 13.2 Å². The standard InChI is InChI=1S/C22H27NO4S/c1-3-21(17-9-12-20(13-10-17)28(2,25)26)23-22(24)15-27-19-11-8-16-6-4-5-7-18(16)14-19/h8-14,21H,3-7,15H2,1-2H3,(H,23,24)/t21-/m1/s1. The van der Waals surface area contributed by atoms with Crippen LogP contribution >= 0.6 is 0 Å². The van der Waals surface area contributed by atoms with Gasteiger partial charge in [-0.15, -0.1) is 0 Å². The van der Waals surface area contributed by atoms with Gasteiger partial charge in [0.2, 0.25) is 0 Å². The van der Waals surface area contributed by atoms with Gasteiger partial charge in [0.25, 0.3) is 5.91 Å². The number of carbonyl (C=O) groups excluding carboxylic acids is 1. The molecule has 0 aromatic heterocycles. The van der Waals surface area contributed by atoms with E-state index in [1.54, 1.807) is 24.3 Å². The van der Waals surface area contributed by atoms with Crippen LogP contribution in [0.15, 0.2) is 47.4 Å². The predicted octanol–water partition coefficient (Wildman–Crippen LogP) is 3.62. The fourth-order valence-electron chi connectivity index (χ4n) is 3.55. The third kappa shape index (κ3) is 5.13. The van der Waals surface area contributed by atoms with Crippen molar-refractivity contribution in [3.05, 3.63) is 59.2 Å². The predicted molar refractivity (Wildman–Crippen MR) is 109 cm³/mol. The van der Waals surface area contributed by atoms with Crippen LogP contribution in [0.5, 0.6) is 5.75 Å². The van der Waals surface area contributed by atoms with Crippen LogP contribution < -0.4 is 10.1 Å². The molecule has 1 atom stereocenters. The van der Waals surface area contributed by atoms with Gasteiger partial charge in [0.15, 0.2) is 16.4 Å². The Morgan fingerprint density at radius 2 is 1.75 bits per heavy atom. The molecule has 2 aromatic carbocycles. The van der Waals surface area contributed by atoms with Crippen LogP contribution in [-0.2, 0) is 27.5 Å². The van der Waals surface area contributed by atoms with E-state index in [1.165, 1.54) is 30.2 Å². The van der Waals surface area contributed by atoms with Gasteiger partial charge in [0.1, 0.15) is 5.75 Å². The number of hydrogen-bond donors (Lipinski definition) is 1. The number of fused-ring (bicyclic) bond motifs is 1. The van der Waals surface area contributed by atoms with Crippen LogP contribution in [0.25, 0.3) is 0 Å². The minimum atomic E-state index is -3.23. The van der Waals surface area contributed by atoms with Gasteiger partial charge in [-0.05, 0) is 73.1 Å². The molecule has 0 aliphatic heterocycles. The van der Waals surface area contributed by atoms with Crippen LogP contribution in [0.4, 0.5) is 0 Å². The zero-order valence-corrected chi connectivity index (χ0v) is 17.2. The summed E-state index contributed by atoms with van der Waals surface area (Å²) < 4.78 is 28.9. The first-order chi connectivity index (χ1) is 13.4. The molecule has 1 aliphatic carbocycles. The normalized spacial score (nSPS) is 14.8. The average molecular weight is 402 g/mol. The Morgan fingerprint density at radius 1 is 1.07 bits per heavy atom. The average Bonchev–Trinajstić information content (AvgIpc) is 2.69. The van der Waals surface area contributed by atoms with Crippen molar-refractivity contribution in [3.63, 3.8) is 0 Å². The number of rotatable bonds is 7. The summed E-state index contributed by atoms with van der Waals surface area (Å²) in [6.07, 6.45) is 6.50. The Labute approximate surface area is 167 Å². The molecule has 28 heavy (non-hydrogen) atoms. The van der Waals surface area contributed by atoms with Crippen molar-refractivity contribution in [2.45, 2.75) is 50.0 Å². The highest BCUT2D eigenvalue weighted by Gasteiger charge is 2.15. The molecule has 0 heterocycles. The van der Waals surface area contributed by atoms with Gasteiger partial charge >= 0.3 is 0 Å².